The Labute approximate surface area is 151 Å². The van der Waals surface area contributed by atoms with Gasteiger partial charge in [-0.05, 0) is 24.6 Å². The van der Waals surface area contributed by atoms with Crippen molar-refractivity contribution in [3.8, 4) is 17.6 Å². The van der Waals surface area contributed by atoms with Gasteiger partial charge in [0.15, 0.2) is 11.5 Å². The van der Waals surface area contributed by atoms with Crippen molar-refractivity contribution in [1.29, 1.82) is 5.26 Å². The Morgan fingerprint density at radius 3 is 2.64 bits per heavy atom. The molecule has 0 fully saturated rings. The molecule has 0 saturated heterocycles. The third-order valence-electron chi connectivity index (χ3n) is 3.60. The first-order valence-electron chi connectivity index (χ1n) is 7.50. The molecule has 0 aliphatic rings. The van der Waals surface area contributed by atoms with Gasteiger partial charge >= 0.3 is 0 Å². The summed E-state index contributed by atoms with van der Waals surface area (Å²) in [6.07, 6.45) is 1.27. The van der Waals surface area contributed by atoms with Crippen LogP contribution < -0.4 is 10.1 Å². The van der Waals surface area contributed by atoms with Crippen LogP contribution in [0.25, 0.3) is 6.08 Å². The first kappa shape index (κ1) is 18.4. The third kappa shape index (κ3) is 4.52. The molecule has 6 heteroatoms. The lowest BCUT2D eigenvalue weighted by molar-refractivity contribution is -0.117. The number of nitrogens with zero attached hydrogens (tertiary/aromatic N) is 1. The van der Waals surface area contributed by atoms with Gasteiger partial charge < -0.3 is 15.2 Å². The summed E-state index contributed by atoms with van der Waals surface area (Å²) in [5.74, 6) is -0.574. The number of rotatable bonds is 5. The van der Waals surface area contributed by atoms with Crippen LogP contribution in [0.3, 0.4) is 0 Å². The van der Waals surface area contributed by atoms with Crippen molar-refractivity contribution in [2.45, 2.75) is 13.0 Å². The molecule has 0 aliphatic heterocycles. The summed E-state index contributed by atoms with van der Waals surface area (Å²) in [7, 11) is 1.39. The van der Waals surface area contributed by atoms with Gasteiger partial charge in [-0.2, -0.15) is 5.26 Å². The molecule has 0 spiro atoms. The zero-order chi connectivity index (χ0) is 18.4. The van der Waals surface area contributed by atoms with Crippen molar-refractivity contribution in [3.63, 3.8) is 0 Å². The number of nitriles is 1. The Morgan fingerprint density at radius 2 is 2.04 bits per heavy atom. The average Bonchev–Trinajstić information content (AvgIpc) is 2.62. The van der Waals surface area contributed by atoms with Crippen LogP contribution in [0.4, 0.5) is 0 Å². The molecule has 1 atom stereocenters. The minimum absolute atomic E-state index is 0.151. The van der Waals surface area contributed by atoms with Crippen LogP contribution in [0, 0.1) is 11.3 Å². The van der Waals surface area contributed by atoms with Crippen molar-refractivity contribution in [2.75, 3.05) is 7.11 Å². The van der Waals surface area contributed by atoms with E-state index in [9.17, 15) is 15.2 Å². The number of methoxy groups -OCH3 is 1. The Hall–Kier alpha value is -2.97. The maximum absolute atomic E-state index is 12.4. The predicted octanol–water partition coefficient (Wildman–Crippen LogP) is 3.84. The van der Waals surface area contributed by atoms with Gasteiger partial charge in [-0.1, -0.05) is 41.9 Å². The van der Waals surface area contributed by atoms with Gasteiger partial charge in [0, 0.05) is 16.7 Å². The Bertz CT molecular complexity index is 842. The fourth-order valence-electron chi connectivity index (χ4n) is 2.26. The van der Waals surface area contributed by atoms with E-state index in [1.165, 1.54) is 25.3 Å². The summed E-state index contributed by atoms with van der Waals surface area (Å²) < 4.78 is 5.02. The Balaban J connectivity index is 2.27. The Morgan fingerprint density at radius 1 is 1.36 bits per heavy atom. The summed E-state index contributed by atoms with van der Waals surface area (Å²) >= 11 is 5.97. The number of phenolic OH excluding ortho intramolecular Hbond substituents is 1. The molecule has 0 radical (unpaired) electrons. The zero-order valence-corrected chi connectivity index (χ0v) is 14.5. The smallest absolute Gasteiger partial charge is 0.262 e. The predicted molar refractivity (Wildman–Crippen MR) is 96.3 cm³/mol. The van der Waals surface area contributed by atoms with E-state index < -0.39 is 5.91 Å². The number of hydrogen-bond acceptors (Lipinski definition) is 4. The highest BCUT2D eigenvalue weighted by atomic mass is 35.5. The Kier molecular flexibility index (Phi) is 6.04. The molecule has 1 amide bonds. The number of aromatic hydroxyl groups is 1. The average molecular weight is 357 g/mol. The van der Waals surface area contributed by atoms with Crippen LogP contribution in [0.15, 0.2) is 48.0 Å². The second kappa shape index (κ2) is 8.22. The summed E-state index contributed by atoms with van der Waals surface area (Å²) in [5.41, 5.74) is 0.992. The second-order valence-electron chi connectivity index (χ2n) is 5.32. The molecule has 2 aromatic rings. The molecule has 0 aromatic heterocycles. The van der Waals surface area contributed by atoms with Gasteiger partial charge in [-0.25, -0.2) is 0 Å². The topological polar surface area (TPSA) is 82.3 Å². The molecule has 2 N–H and O–H groups in total. The van der Waals surface area contributed by atoms with Crippen molar-refractivity contribution < 1.29 is 14.6 Å². The molecule has 0 unspecified atom stereocenters. The first-order chi connectivity index (χ1) is 12.0. The number of ether oxygens (including phenoxy) is 1. The normalized spacial score (nSPS) is 12.2. The quantitative estimate of drug-likeness (QED) is 0.630. The van der Waals surface area contributed by atoms with E-state index in [0.717, 1.165) is 5.56 Å². The highest BCUT2D eigenvalue weighted by molar-refractivity contribution is 6.31. The van der Waals surface area contributed by atoms with Gasteiger partial charge in [0.1, 0.15) is 11.6 Å². The van der Waals surface area contributed by atoms with Gasteiger partial charge in [-0.3, -0.25) is 4.79 Å². The van der Waals surface area contributed by atoms with Gasteiger partial charge in [0.2, 0.25) is 0 Å². The van der Waals surface area contributed by atoms with E-state index in [1.54, 1.807) is 0 Å². The maximum atomic E-state index is 12.4. The van der Waals surface area contributed by atoms with Crippen LogP contribution >= 0.6 is 11.6 Å². The van der Waals surface area contributed by atoms with E-state index in [0.29, 0.717) is 5.02 Å². The number of halogens is 1. The van der Waals surface area contributed by atoms with Crippen molar-refractivity contribution >= 4 is 23.6 Å². The molecule has 0 bridgehead atoms. The molecule has 0 saturated carbocycles. The van der Waals surface area contributed by atoms with Crippen LogP contribution in [-0.4, -0.2) is 18.1 Å². The molecule has 5 nitrogen and oxygen atoms in total. The second-order valence-corrected chi connectivity index (χ2v) is 5.76. The summed E-state index contributed by atoms with van der Waals surface area (Å²) in [6.45, 7) is 1.82. The molecule has 0 heterocycles. The number of benzene rings is 2. The lowest BCUT2D eigenvalue weighted by atomic mass is 10.1. The van der Waals surface area contributed by atoms with E-state index in [1.807, 2.05) is 43.3 Å². The van der Waals surface area contributed by atoms with Gasteiger partial charge in [0.25, 0.3) is 5.91 Å². The third-order valence-corrected chi connectivity index (χ3v) is 3.82. The number of nitrogens with one attached hydrogen (secondary N) is 1. The molecule has 0 aliphatic carbocycles. The number of carbonyl (C=O) groups excluding carboxylic acids is 1. The number of amides is 1. The van der Waals surface area contributed by atoms with Crippen molar-refractivity contribution in [1.82, 2.24) is 5.32 Å². The standard InChI is InChI=1S/C19H17ClN2O3/c1-12(13-6-4-3-5-7-13)22-19(24)15(11-21)8-14-9-16(20)10-17(25-2)18(14)23/h3-10,12,23H,1-2H3,(H,22,24)/b15-8-/t12-/m0/s1. The minimum Gasteiger partial charge on any atom is -0.504 e. The fraction of sp³-hybridized carbons (Fsp3) is 0.158. The van der Waals surface area contributed by atoms with E-state index >= 15 is 0 Å². The van der Waals surface area contributed by atoms with Crippen molar-refractivity contribution in [3.05, 3.63) is 64.2 Å². The fourth-order valence-corrected chi connectivity index (χ4v) is 2.48. The minimum atomic E-state index is -0.544. The summed E-state index contributed by atoms with van der Waals surface area (Å²) in [4.78, 5) is 12.4. The first-order valence-corrected chi connectivity index (χ1v) is 7.88. The lowest BCUT2D eigenvalue weighted by Gasteiger charge is -2.14. The number of hydrogen-bond donors (Lipinski definition) is 2. The highest BCUT2D eigenvalue weighted by Crippen LogP contribution is 2.34. The maximum Gasteiger partial charge on any atom is 0.262 e. The van der Waals surface area contributed by atoms with E-state index in [2.05, 4.69) is 5.32 Å². The monoisotopic (exact) mass is 356 g/mol. The van der Waals surface area contributed by atoms with E-state index in [-0.39, 0.29) is 28.7 Å². The van der Waals surface area contributed by atoms with E-state index in [4.69, 9.17) is 16.3 Å². The van der Waals surface area contributed by atoms with Crippen LogP contribution in [-0.2, 0) is 4.79 Å². The van der Waals surface area contributed by atoms with Crippen LogP contribution in [0.5, 0.6) is 11.5 Å². The summed E-state index contributed by atoms with van der Waals surface area (Å²) in [5, 5.41) is 22.5. The molecular formula is C19H17ClN2O3. The van der Waals surface area contributed by atoms with Gasteiger partial charge in [0.05, 0.1) is 13.2 Å². The van der Waals surface area contributed by atoms with Gasteiger partial charge in [-0.15, -0.1) is 0 Å². The van der Waals surface area contributed by atoms with Crippen LogP contribution in [0.2, 0.25) is 5.02 Å². The number of carbonyl (C=O) groups is 1. The molecule has 25 heavy (non-hydrogen) atoms. The van der Waals surface area contributed by atoms with Crippen molar-refractivity contribution in [2.24, 2.45) is 0 Å². The lowest BCUT2D eigenvalue weighted by Crippen LogP contribution is -2.27. The summed E-state index contributed by atoms with van der Waals surface area (Å²) in [6, 6.07) is 13.9. The number of phenols is 1. The molecule has 2 aromatic carbocycles. The molecule has 2 rings (SSSR count). The van der Waals surface area contributed by atoms with Crippen LogP contribution in [0.1, 0.15) is 24.1 Å². The largest absolute Gasteiger partial charge is 0.504 e. The molecular weight excluding hydrogens is 340 g/mol. The molecule has 128 valence electrons. The SMILES string of the molecule is COc1cc(Cl)cc(/C=C(/C#N)C(=O)N[C@@H](C)c2ccccc2)c1O. The highest BCUT2D eigenvalue weighted by Gasteiger charge is 2.16. The zero-order valence-electron chi connectivity index (χ0n) is 13.8.